The van der Waals surface area contributed by atoms with E-state index in [4.69, 9.17) is 4.42 Å². The van der Waals surface area contributed by atoms with Gasteiger partial charge in [-0.3, -0.25) is 9.69 Å². The average Bonchev–Trinajstić information content (AvgIpc) is 3.20. The van der Waals surface area contributed by atoms with Gasteiger partial charge in [-0.25, -0.2) is 4.79 Å². The predicted molar refractivity (Wildman–Crippen MR) is 113 cm³/mol. The van der Waals surface area contributed by atoms with Gasteiger partial charge in [-0.1, -0.05) is 30.3 Å². The summed E-state index contributed by atoms with van der Waals surface area (Å²) < 4.78 is 5.50. The number of carbonyl (C=O) groups excluding carboxylic acids is 1. The molecule has 0 spiro atoms. The zero-order valence-corrected chi connectivity index (χ0v) is 16.5. The molecule has 0 N–H and O–H groups in total. The highest BCUT2D eigenvalue weighted by atomic mass is 16.4. The van der Waals surface area contributed by atoms with Crippen LogP contribution in [-0.2, 0) is 19.4 Å². The minimum absolute atomic E-state index is 0.0921. The summed E-state index contributed by atoms with van der Waals surface area (Å²) in [6, 6.07) is 15.5. The van der Waals surface area contributed by atoms with Crippen molar-refractivity contribution in [2.24, 2.45) is 5.92 Å². The van der Waals surface area contributed by atoms with Gasteiger partial charge in [0.15, 0.2) is 5.78 Å². The van der Waals surface area contributed by atoms with Gasteiger partial charge in [0.1, 0.15) is 5.58 Å². The normalized spacial score (nSPS) is 17.5. The molecule has 29 heavy (non-hydrogen) atoms. The van der Waals surface area contributed by atoms with Crippen molar-refractivity contribution in [2.75, 3.05) is 13.1 Å². The molecule has 4 nitrogen and oxygen atoms in total. The van der Waals surface area contributed by atoms with Gasteiger partial charge in [-0.15, -0.1) is 0 Å². The van der Waals surface area contributed by atoms with Crippen LogP contribution in [0.5, 0.6) is 0 Å². The molecular weight excluding hydrogens is 362 g/mol. The second kappa shape index (κ2) is 7.60. The second-order valence-electron chi connectivity index (χ2n) is 8.34. The van der Waals surface area contributed by atoms with Crippen LogP contribution < -0.4 is 5.63 Å². The molecule has 0 bridgehead atoms. The van der Waals surface area contributed by atoms with Crippen molar-refractivity contribution >= 4 is 16.8 Å². The molecule has 2 aromatic carbocycles. The Kier molecular flexibility index (Phi) is 4.80. The van der Waals surface area contributed by atoms with Gasteiger partial charge in [0.2, 0.25) is 0 Å². The topological polar surface area (TPSA) is 50.5 Å². The Bertz CT molecular complexity index is 1110. The fourth-order valence-electron chi connectivity index (χ4n) is 4.86. The van der Waals surface area contributed by atoms with Gasteiger partial charge in [0, 0.05) is 29.5 Å². The Morgan fingerprint density at radius 1 is 1.00 bits per heavy atom. The van der Waals surface area contributed by atoms with E-state index in [1.807, 2.05) is 30.3 Å². The first-order chi connectivity index (χ1) is 14.2. The Morgan fingerprint density at radius 2 is 1.72 bits per heavy atom. The highest BCUT2D eigenvalue weighted by Crippen LogP contribution is 2.30. The first-order valence-electron chi connectivity index (χ1n) is 10.6. The van der Waals surface area contributed by atoms with Crippen LogP contribution in [0.2, 0.25) is 0 Å². The van der Waals surface area contributed by atoms with Crippen LogP contribution in [0.3, 0.4) is 0 Å². The van der Waals surface area contributed by atoms with Gasteiger partial charge >= 0.3 is 5.63 Å². The van der Waals surface area contributed by atoms with Crippen LogP contribution in [0.1, 0.15) is 46.3 Å². The van der Waals surface area contributed by atoms with E-state index >= 15 is 0 Å². The standard InChI is InChI=1S/C25H25NO3/c27-24-15-21(22-13-19-7-4-8-20(19)14-23(22)29-24)16-26-11-9-18(10-12-26)25(28)17-5-2-1-3-6-17/h1-3,5-6,13-15,18H,4,7-12,16H2. The van der Waals surface area contributed by atoms with E-state index in [-0.39, 0.29) is 17.3 Å². The van der Waals surface area contributed by atoms with Crippen molar-refractivity contribution in [3.8, 4) is 0 Å². The zero-order valence-electron chi connectivity index (χ0n) is 16.5. The number of benzene rings is 2. The summed E-state index contributed by atoms with van der Waals surface area (Å²) in [5, 5.41) is 1.06. The lowest BCUT2D eigenvalue weighted by Gasteiger charge is -2.31. The SMILES string of the molecule is O=C(c1ccccc1)C1CCN(Cc2cc(=O)oc3cc4c(cc23)CCC4)CC1. The van der Waals surface area contributed by atoms with Crippen molar-refractivity contribution in [2.45, 2.75) is 38.6 Å². The number of aryl methyl sites for hydroxylation is 2. The summed E-state index contributed by atoms with van der Waals surface area (Å²) in [5.41, 5.74) is 4.99. The van der Waals surface area contributed by atoms with Crippen LogP contribution in [0, 0.1) is 5.92 Å². The van der Waals surface area contributed by atoms with Crippen LogP contribution >= 0.6 is 0 Å². The molecule has 1 fully saturated rings. The Balaban J connectivity index is 1.32. The van der Waals surface area contributed by atoms with Crippen LogP contribution in [-0.4, -0.2) is 23.8 Å². The maximum atomic E-state index is 12.7. The highest BCUT2D eigenvalue weighted by Gasteiger charge is 2.26. The summed E-state index contributed by atoms with van der Waals surface area (Å²) >= 11 is 0. The zero-order chi connectivity index (χ0) is 19.8. The van der Waals surface area contributed by atoms with E-state index in [1.165, 1.54) is 17.5 Å². The molecule has 0 radical (unpaired) electrons. The van der Waals surface area contributed by atoms with Crippen molar-refractivity contribution < 1.29 is 9.21 Å². The first kappa shape index (κ1) is 18.3. The summed E-state index contributed by atoms with van der Waals surface area (Å²) in [5.74, 6) is 0.348. The fraction of sp³-hybridized carbons (Fsp3) is 0.360. The van der Waals surface area contributed by atoms with E-state index in [9.17, 15) is 9.59 Å². The molecule has 0 saturated carbocycles. The lowest BCUT2D eigenvalue weighted by atomic mass is 9.88. The maximum Gasteiger partial charge on any atom is 0.336 e. The molecule has 0 atom stereocenters. The number of ketones is 1. The average molecular weight is 387 g/mol. The predicted octanol–water partition coefficient (Wildman–Crippen LogP) is 4.38. The van der Waals surface area contributed by atoms with Crippen LogP contribution in [0.4, 0.5) is 0 Å². The summed E-state index contributed by atoms with van der Waals surface area (Å²) in [4.78, 5) is 27.2. The van der Waals surface area contributed by atoms with Crippen LogP contribution in [0.25, 0.3) is 11.0 Å². The molecule has 148 valence electrons. The molecule has 2 heterocycles. The van der Waals surface area contributed by atoms with Crippen LogP contribution in [0.15, 0.2) is 57.7 Å². The summed E-state index contributed by atoms with van der Waals surface area (Å²) in [6.07, 6.45) is 5.08. The minimum Gasteiger partial charge on any atom is -0.423 e. The number of carbonyl (C=O) groups is 1. The van der Waals surface area contributed by atoms with Gasteiger partial charge < -0.3 is 4.42 Å². The summed E-state index contributed by atoms with van der Waals surface area (Å²) in [6.45, 7) is 2.47. The van der Waals surface area contributed by atoms with Gasteiger partial charge in [-0.2, -0.15) is 0 Å². The number of Topliss-reactive ketones (excluding diaryl/α,β-unsaturated/α-hetero) is 1. The molecule has 3 aromatic rings. The second-order valence-corrected chi connectivity index (χ2v) is 8.34. The largest absolute Gasteiger partial charge is 0.423 e. The van der Waals surface area contributed by atoms with E-state index in [2.05, 4.69) is 17.0 Å². The fourth-order valence-corrected chi connectivity index (χ4v) is 4.86. The third-order valence-electron chi connectivity index (χ3n) is 6.45. The number of hydrogen-bond acceptors (Lipinski definition) is 4. The van der Waals surface area contributed by atoms with E-state index in [1.54, 1.807) is 6.07 Å². The molecule has 1 aliphatic heterocycles. The molecule has 0 unspecified atom stereocenters. The van der Waals surface area contributed by atoms with Crippen molar-refractivity contribution in [1.82, 2.24) is 4.90 Å². The minimum atomic E-state index is -0.278. The Hall–Kier alpha value is -2.72. The molecule has 1 aliphatic carbocycles. The van der Waals surface area contributed by atoms with E-state index in [0.29, 0.717) is 5.58 Å². The quantitative estimate of drug-likeness (QED) is 0.493. The monoisotopic (exact) mass is 387 g/mol. The third-order valence-corrected chi connectivity index (χ3v) is 6.45. The van der Waals surface area contributed by atoms with E-state index in [0.717, 1.165) is 61.8 Å². The summed E-state index contributed by atoms with van der Waals surface area (Å²) in [7, 11) is 0. The maximum absolute atomic E-state index is 12.7. The first-order valence-corrected chi connectivity index (χ1v) is 10.6. The molecule has 2 aliphatic rings. The Morgan fingerprint density at radius 3 is 2.48 bits per heavy atom. The number of piperidine rings is 1. The van der Waals surface area contributed by atoms with Gasteiger partial charge in [-0.05, 0) is 74.0 Å². The number of rotatable bonds is 4. The number of likely N-dealkylation sites (tertiary alicyclic amines) is 1. The molecule has 0 amide bonds. The molecular formula is C25H25NO3. The van der Waals surface area contributed by atoms with Crippen molar-refractivity contribution in [1.29, 1.82) is 0 Å². The number of fused-ring (bicyclic) bond motifs is 2. The molecule has 1 saturated heterocycles. The molecule has 5 rings (SSSR count). The van der Waals surface area contributed by atoms with Crippen molar-refractivity contribution in [3.63, 3.8) is 0 Å². The number of nitrogens with zero attached hydrogens (tertiary/aromatic N) is 1. The third kappa shape index (κ3) is 3.65. The van der Waals surface area contributed by atoms with E-state index < -0.39 is 0 Å². The van der Waals surface area contributed by atoms with Gasteiger partial charge in [0.05, 0.1) is 0 Å². The lowest BCUT2D eigenvalue weighted by molar-refractivity contribution is 0.0835. The Labute approximate surface area is 170 Å². The highest BCUT2D eigenvalue weighted by molar-refractivity contribution is 5.97. The smallest absolute Gasteiger partial charge is 0.336 e. The van der Waals surface area contributed by atoms with Crippen molar-refractivity contribution in [3.05, 3.63) is 81.2 Å². The number of hydrogen-bond donors (Lipinski definition) is 0. The lowest BCUT2D eigenvalue weighted by Crippen LogP contribution is -2.36. The molecule has 4 heteroatoms. The molecule has 1 aromatic heterocycles. The van der Waals surface area contributed by atoms with Gasteiger partial charge in [0.25, 0.3) is 0 Å².